The number of hydrogen-bond donors (Lipinski definition) is 0. The van der Waals surface area contributed by atoms with Crippen molar-refractivity contribution >= 4 is 17.5 Å². The van der Waals surface area contributed by atoms with Crippen LogP contribution < -0.4 is 0 Å². The summed E-state index contributed by atoms with van der Waals surface area (Å²) in [5, 5.41) is 0. The first-order chi connectivity index (χ1) is 8.38. The van der Waals surface area contributed by atoms with E-state index in [-0.39, 0.29) is 23.0 Å². The monoisotopic (exact) mass is 275 g/mol. The maximum atomic E-state index is 13.6. The lowest BCUT2D eigenvalue weighted by Gasteiger charge is -2.26. The van der Waals surface area contributed by atoms with Crippen molar-refractivity contribution in [3.05, 3.63) is 34.9 Å². The fraction of sp³-hybridized carbons (Fsp3) is 0.462. The van der Waals surface area contributed by atoms with Gasteiger partial charge in [0.2, 0.25) is 0 Å². The highest BCUT2D eigenvalue weighted by Crippen LogP contribution is 2.17. The van der Waals surface area contributed by atoms with E-state index in [1.807, 2.05) is 13.8 Å². The predicted molar refractivity (Wildman–Crippen MR) is 68.0 cm³/mol. The Kier molecular flexibility index (Phi) is 5.08. The maximum Gasteiger partial charge on any atom is 0.257 e. The fourth-order valence-corrected chi connectivity index (χ4v) is 1.84. The first-order valence-corrected chi connectivity index (χ1v) is 6.24. The van der Waals surface area contributed by atoms with Crippen molar-refractivity contribution in [2.24, 2.45) is 0 Å². The summed E-state index contributed by atoms with van der Waals surface area (Å²) in [6.07, 6.45) is 0. The number of nitrogens with zero attached hydrogens (tertiary/aromatic N) is 1. The van der Waals surface area contributed by atoms with Crippen molar-refractivity contribution in [2.45, 2.75) is 26.8 Å². The number of benzene rings is 1. The van der Waals surface area contributed by atoms with Crippen LogP contribution in [0, 0.1) is 18.6 Å². The van der Waals surface area contributed by atoms with E-state index in [2.05, 4.69) is 0 Å². The van der Waals surface area contributed by atoms with Gasteiger partial charge in [0, 0.05) is 24.5 Å². The zero-order valence-electron chi connectivity index (χ0n) is 10.6. The molecule has 0 aromatic heterocycles. The molecular formula is C13H16ClF2NO. The summed E-state index contributed by atoms with van der Waals surface area (Å²) in [7, 11) is 0. The van der Waals surface area contributed by atoms with E-state index in [0.717, 1.165) is 6.07 Å². The first kappa shape index (κ1) is 14.9. The Bertz CT molecular complexity index is 449. The summed E-state index contributed by atoms with van der Waals surface area (Å²) in [4.78, 5) is 13.6. The Hall–Kier alpha value is -1.16. The second-order valence-electron chi connectivity index (χ2n) is 4.36. The van der Waals surface area contributed by atoms with Crippen LogP contribution in [0.15, 0.2) is 12.1 Å². The summed E-state index contributed by atoms with van der Waals surface area (Å²) in [6, 6.07) is 1.87. The second kappa shape index (κ2) is 6.14. The number of carbonyl (C=O) groups excluding carboxylic acids is 1. The van der Waals surface area contributed by atoms with Gasteiger partial charge in [-0.2, -0.15) is 0 Å². The van der Waals surface area contributed by atoms with Gasteiger partial charge in [-0.25, -0.2) is 8.78 Å². The minimum Gasteiger partial charge on any atom is -0.335 e. The van der Waals surface area contributed by atoms with Crippen LogP contribution in [0.25, 0.3) is 0 Å². The fourth-order valence-electron chi connectivity index (χ4n) is 1.66. The minimum atomic E-state index is -0.844. The van der Waals surface area contributed by atoms with Crippen molar-refractivity contribution in [3.63, 3.8) is 0 Å². The average Bonchev–Trinajstić information content (AvgIpc) is 2.29. The van der Waals surface area contributed by atoms with Gasteiger partial charge in [0.25, 0.3) is 5.91 Å². The molecule has 2 nitrogen and oxygen atoms in total. The lowest BCUT2D eigenvalue weighted by Crippen LogP contribution is -2.38. The van der Waals surface area contributed by atoms with Gasteiger partial charge >= 0.3 is 0 Å². The molecule has 0 fully saturated rings. The Morgan fingerprint density at radius 2 is 1.94 bits per heavy atom. The summed E-state index contributed by atoms with van der Waals surface area (Å²) in [6.45, 7) is 5.46. The van der Waals surface area contributed by atoms with Crippen molar-refractivity contribution in [3.8, 4) is 0 Å². The van der Waals surface area contributed by atoms with Gasteiger partial charge in [-0.1, -0.05) is 0 Å². The molecule has 1 rings (SSSR count). The van der Waals surface area contributed by atoms with Crippen LogP contribution in [-0.2, 0) is 0 Å². The predicted octanol–water partition coefficient (Wildman–Crippen LogP) is 3.36. The molecule has 1 amide bonds. The van der Waals surface area contributed by atoms with Crippen LogP contribution in [0.2, 0.25) is 0 Å². The second-order valence-corrected chi connectivity index (χ2v) is 4.74. The SMILES string of the molecule is Cc1cc(C(=O)N(CCCl)C(C)C)c(F)cc1F. The Morgan fingerprint density at radius 3 is 2.44 bits per heavy atom. The molecule has 0 spiro atoms. The van der Waals surface area contributed by atoms with Crippen molar-refractivity contribution < 1.29 is 13.6 Å². The van der Waals surface area contributed by atoms with Gasteiger partial charge in [0.15, 0.2) is 0 Å². The zero-order chi connectivity index (χ0) is 13.9. The van der Waals surface area contributed by atoms with Crippen LogP contribution in [0.4, 0.5) is 8.78 Å². The lowest BCUT2D eigenvalue weighted by atomic mass is 10.1. The molecule has 0 aliphatic rings. The molecule has 0 unspecified atom stereocenters. The first-order valence-electron chi connectivity index (χ1n) is 5.71. The molecule has 1 aromatic rings. The van der Waals surface area contributed by atoms with Gasteiger partial charge in [-0.15, -0.1) is 11.6 Å². The van der Waals surface area contributed by atoms with E-state index in [1.165, 1.54) is 17.9 Å². The Labute approximate surface area is 111 Å². The lowest BCUT2D eigenvalue weighted by molar-refractivity contribution is 0.0713. The molecule has 100 valence electrons. The van der Waals surface area contributed by atoms with E-state index >= 15 is 0 Å². The van der Waals surface area contributed by atoms with E-state index < -0.39 is 17.5 Å². The number of amides is 1. The highest BCUT2D eigenvalue weighted by molar-refractivity contribution is 6.18. The number of aryl methyl sites for hydroxylation is 1. The molecule has 0 saturated carbocycles. The molecule has 1 aromatic carbocycles. The number of rotatable bonds is 4. The third kappa shape index (κ3) is 3.19. The normalized spacial score (nSPS) is 10.8. The van der Waals surface area contributed by atoms with E-state index in [0.29, 0.717) is 6.54 Å². The van der Waals surface area contributed by atoms with Gasteiger partial charge in [-0.3, -0.25) is 4.79 Å². The zero-order valence-corrected chi connectivity index (χ0v) is 11.4. The molecule has 0 saturated heterocycles. The summed E-state index contributed by atoms with van der Waals surface area (Å²) in [5.74, 6) is -1.70. The third-order valence-electron chi connectivity index (χ3n) is 2.69. The van der Waals surface area contributed by atoms with Crippen LogP contribution in [0.1, 0.15) is 29.8 Å². The Balaban J connectivity index is 3.12. The number of hydrogen-bond acceptors (Lipinski definition) is 1. The molecule has 0 heterocycles. The van der Waals surface area contributed by atoms with Gasteiger partial charge in [0.05, 0.1) is 5.56 Å². The minimum absolute atomic E-state index is 0.0963. The molecule has 0 bridgehead atoms. The van der Waals surface area contributed by atoms with Crippen LogP contribution in [0.3, 0.4) is 0 Å². The summed E-state index contributed by atoms with van der Waals surface area (Å²) < 4.78 is 26.8. The largest absolute Gasteiger partial charge is 0.335 e. The van der Waals surface area contributed by atoms with Crippen molar-refractivity contribution in [1.29, 1.82) is 0 Å². The molecule has 5 heteroatoms. The smallest absolute Gasteiger partial charge is 0.257 e. The Morgan fingerprint density at radius 1 is 1.33 bits per heavy atom. The molecule has 0 aliphatic heterocycles. The highest BCUT2D eigenvalue weighted by Gasteiger charge is 2.22. The molecular weight excluding hydrogens is 260 g/mol. The third-order valence-corrected chi connectivity index (χ3v) is 2.86. The summed E-state index contributed by atoms with van der Waals surface area (Å²) in [5.41, 5.74) is 0.127. The van der Waals surface area contributed by atoms with E-state index in [1.54, 1.807) is 0 Å². The molecule has 0 aliphatic carbocycles. The average molecular weight is 276 g/mol. The standard InChI is InChI=1S/C13H16ClF2NO/c1-8(2)17(5-4-14)13(18)10-6-9(3)11(15)7-12(10)16/h6-8H,4-5H2,1-3H3. The van der Waals surface area contributed by atoms with Gasteiger partial charge < -0.3 is 4.90 Å². The van der Waals surface area contributed by atoms with Crippen LogP contribution >= 0.6 is 11.6 Å². The molecule has 0 atom stereocenters. The maximum absolute atomic E-state index is 13.6. The molecule has 18 heavy (non-hydrogen) atoms. The number of alkyl halides is 1. The van der Waals surface area contributed by atoms with E-state index in [9.17, 15) is 13.6 Å². The van der Waals surface area contributed by atoms with Crippen molar-refractivity contribution in [1.82, 2.24) is 4.90 Å². The van der Waals surface area contributed by atoms with Crippen LogP contribution in [0.5, 0.6) is 0 Å². The van der Waals surface area contributed by atoms with Crippen LogP contribution in [-0.4, -0.2) is 29.3 Å². The van der Waals surface area contributed by atoms with E-state index in [4.69, 9.17) is 11.6 Å². The molecule has 0 radical (unpaired) electrons. The molecule has 0 N–H and O–H groups in total. The highest BCUT2D eigenvalue weighted by atomic mass is 35.5. The van der Waals surface area contributed by atoms with Gasteiger partial charge in [0.1, 0.15) is 11.6 Å². The topological polar surface area (TPSA) is 20.3 Å². The number of halogens is 3. The number of carbonyl (C=O) groups is 1. The quantitative estimate of drug-likeness (QED) is 0.772. The van der Waals surface area contributed by atoms with Crippen molar-refractivity contribution in [2.75, 3.05) is 12.4 Å². The summed E-state index contributed by atoms with van der Waals surface area (Å²) >= 11 is 5.62. The van der Waals surface area contributed by atoms with Gasteiger partial charge in [-0.05, 0) is 32.4 Å².